The summed E-state index contributed by atoms with van der Waals surface area (Å²) >= 11 is 1.27. The van der Waals surface area contributed by atoms with Crippen molar-refractivity contribution in [3.8, 4) is 27.5 Å². The number of nitrogens with two attached hydrogens (primary N) is 1. The van der Waals surface area contributed by atoms with E-state index in [2.05, 4.69) is 4.98 Å². The molecule has 2 heterocycles. The van der Waals surface area contributed by atoms with Crippen LogP contribution in [0.1, 0.15) is 40.2 Å². The zero-order valence-corrected chi connectivity index (χ0v) is 23.2. The quantitative estimate of drug-likeness (QED) is 0.200. The Bertz CT molecular complexity index is 1800. The van der Waals surface area contributed by atoms with Gasteiger partial charge >= 0.3 is 0 Å². The lowest BCUT2D eigenvalue weighted by molar-refractivity contribution is 0.111. The molecule has 0 saturated heterocycles. The molecule has 0 spiro atoms. The van der Waals surface area contributed by atoms with Crippen LogP contribution in [0.25, 0.3) is 27.5 Å². The van der Waals surface area contributed by atoms with Crippen molar-refractivity contribution >= 4 is 28.6 Å². The van der Waals surface area contributed by atoms with E-state index < -0.39 is 28.4 Å². The van der Waals surface area contributed by atoms with Crippen LogP contribution >= 0.6 is 11.3 Å². The molecule has 5 aromatic rings. The summed E-state index contributed by atoms with van der Waals surface area (Å²) in [5, 5.41) is 12.5. The van der Waals surface area contributed by atoms with Crippen molar-refractivity contribution in [1.29, 1.82) is 0 Å². The second-order valence-electron chi connectivity index (χ2n) is 9.93. The highest BCUT2D eigenvalue weighted by atomic mass is 32.2. The zero-order valence-electron chi connectivity index (χ0n) is 21.5. The highest BCUT2D eigenvalue weighted by Crippen LogP contribution is 2.39. The topological polar surface area (TPSA) is 90.9 Å². The molecule has 0 bridgehead atoms. The van der Waals surface area contributed by atoms with Gasteiger partial charge in [0.25, 0.3) is 0 Å². The maximum atomic E-state index is 15.2. The molecule has 0 radical (unpaired) electrons. The predicted molar refractivity (Wildman–Crippen MR) is 152 cm³/mol. The van der Waals surface area contributed by atoms with E-state index in [1.165, 1.54) is 47.7 Å². The third kappa shape index (κ3) is 5.65. The maximum absolute atomic E-state index is 15.2. The molecule has 6 nitrogen and oxygen atoms in total. The number of aldehydes is 1. The number of carbonyl (C=O) groups is 1. The van der Waals surface area contributed by atoms with E-state index in [-0.39, 0.29) is 22.6 Å². The van der Waals surface area contributed by atoms with Gasteiger partial charge in [-0.05, 0) is 78.8 Å². The molecule has 0 aliphatic heterocycles. The fourth-order valence-corrected chi connectivity index (χ4v) is 5.97. The first kappa shape index (κ1) is 27.3. The van der Waals surface area contributed by atoms with Gasteiger partial charge in [0, 0.05) is 28.5 Å². The lowest BCUT2D eigenvalue weighted by atomic mass is 9.94. The monoisotopic (exact) mass is 592 g/mol. The summed E-state index contributed by atoms with van der Waals surface area (Å²) in [6.45, 7) is 0. The SMILES string of the molecule is NS(=O)c1ccc(Cc2c(-c3ccc(F)c(-c4ccc(F)cc4)c3)nn(-c3nc(C=O)cs3)c2CC2CC2)c(F)c1. The van der Waals surface area contributed by atoms with E-state index in [0.717, 1.165) is 30.2 Å². The summed E-state index contributed by atoms with van der Waals surface area (Å²) in [7, 11) is -1.83. The van der Waals surface area contributed by atoms with Gasteiger partial charge in [-0.2, -0.15) is 5.10 Å². The van der Waals surface area contributed by atoms with Gasteiger partial charge in [0.1, 0.15) is 34.1 Å². The molecular weight excluding hydrogens is 569 g/mol. The lowest BCUT2D eigenvalue weighted by Gasteiger charge is -2.11. The molecule has 1 aliphatic rings. The summed E-state index contributed by atoms with van der Waals surface area (Å²) in [5.74, 6) is -1.04. The van der Waals surface area contributed by atoms with E-state index in [4.69, 9.17) is 10.2 Å². The van der Waals surface area contributed by atoms with Crippen molar-refractivity contribution in [1.82, 2.24) is 14.8 Å². The molecule has 2 N–H and O–H groups in total. The summed E-state index contributed by atoms with van der Waals surface area (Å²) in [6.07, 6.45) is 3.58. The van der Waals surface area contributed by atoms with Crippen LogP contribution in [0.2, 0.25) is 0 Å². The molecule has 11 heteroatoms. The molecule has 208 valence electrons. The number of hydrogen-bond acceptors (Lipinski definition) is 5. The van der Waals surface area contributed by atoms with Crippen LogP contribution in [0, 0.1) is 23.4 Å². The van der Waals surface area contributed by atoms with Crippen molar-refractivity contribution in [2.75, 3.05) is 0 Å². The van der Waals surface area contributed by atoms with Gasteiger partial charge in [0.05, 0.1) is 16.3 Å². The molecule has 3 aromatic carbocycles. The molecule has 1 aliphatic carbocycles. The Kier molecular flexibility index (Phi) is 7.41. The number of carbonyl (C=O) groups excluding carboxylic acids is 1. The van der Waals surface area contributed by atoms with Crippen molar-refractivity contribution in [2.24, 2.45) is 11.1 Å². The van der Waals surface area contributed by atoms with Crippen LogP contribution in [0.5, 0.6) is 0 Å². The van der Waals surface area contributed by atoms with Gasteiger partial charge in [-0.3, -0.25) is 4.79 Å². The molecule has 41 heavy (non-hydrogen) atoms. The van der Waals surface area contributed by atoms with E-state index in [0.29, 0.717) is 46.1 Å². The minimum absolute atomic E-state index is 0.149. The average molecular weight is 593 g/mol. The summed E-state index contributed by atoms with van der Waals surface area (Å²) in [6, 6.07) is 14.4. The van der Waals surface area contributed by atoms with Gasteiger partial charge < -0.3 is 0 Å². The van der Waals surface area contributed by atoms with Crippen molar-refractivity contribution in [3.05, 3.63) is 106 Å². The predicted octanol–water partition coefficient (Wildman–Crippen LogP) is 6.42. The Morgan fingerprint density at radius 1 is 1.00 bits per heavy atom. The van der Waals surface area contributed by atoms with Crippen LogP contribution in [0.15, 0.2) is 70.9 Å². The van der Waals surface area contributed by atoms with Crippen molar-refractivity contribution in [3.63, 3.8) is 0 Å². The second kappa shape index (κ2) is 11.2. The van der Waals surface area contributed by atoms with Crippen LogP contribution in [0.3, 0.4) is 0 Å². The third-order valence-electron chi connectivity index (χ3n) is 7.10. The lowest BCUT2D eigenvalue weighted by Crippen LogP contribution is -2.07. The van der Waals surface area contributed by atoms with Crippen LogP contribution < -0.4 is 5.14 Å². The maximum Gasteiger partial charge on any atom is 0.211 e. The van der Waals surface area contributed by atoms with Gasteiger partial charge in [-0.1, -0.05) is 18.2 Å². The molecule has 1 unspecified atom stereocenters. The highest BCUT2D eigenvalue weighted by Gasteiger charge is 2.29. The van der Waals surface area contributed by atoms with E-state index in [1.807, 2.05) is 0 Å². The highest BCUT2D eigenvalue weighted by molar-refractivity contribution is 7.82. The molecule has 1 fully saturated rings. The Labute approximate surface area is 240 Å². The first-order chi connectivity index (χ1) is 19.8. The Hall–Kier alpha value is -3.93. The number of rotatable bonds is 9. The smallest absolute Gasteiger partial charge is 0.211 e. The first-order valence-electron chi connectivity index (χ1n) is 12.8. The van der Waals surface area contributed by atoms with Gasteiger partial charge in [0.15, 0.2) is 6.29 Å². The molecule has 2 aromatic heterocycles. The summed E-state index contributed by atoms with van der Waals surface area (Å²) < 4.78 is 57.2. The van der Waals surface area contributed by atoms with Gasteiger partial charge in [-0.25, -0.2) is 32.2 Å². The molecule has 1 saturated carbocycles. The average Bonchev–Trinajstić information content (AvgIpc) is 3.54. The fraction of sp³-hybridized carbons (Fsp3) is 0.167. The van der Waals surface area contributed by atoms with Crippen LogP contribution in [0.4, 0.5) is 13.2 Å². The van der Waals surface area contributed by atoms with E-state index in [9.17, 15) is 13.4 Å². The number of hydrogen-bond donors (Lipinski definition) is 1. The standard InChI is InChI=1S/C30H23F3N4O2S2/c31-21-7-3-18(4-8-21)24-13-20(6-10-26(24)32)29-25(12-19-5-9-23(41(34)39)14-27(19)33)28(11-17-1-2-17)37(36-29)30-35-22(15-38)16-40-30/h3-10,13-17H,1-2,11-12,34H2. The number of halogens is 3. The van der Waals surface area contributed by atoms with E-state index >= 15 is 8.78 Å². The molecule has 0 amide bonds. The molecular formula is C30H23F3N4O2S2. The minimum Gasteiger partial charge on any atom is -0.296 e. The third-order valence-corrected chi connectivity index (χ3v) is 8.65. The van der Waals surface area contributed by atoms with Gasteiger partial charge in [-0.15, -0.1) is 11.3 Å². The molecule has 1 atom stereocenters. The number of nitrogens with zero attached hydrogens (tertiary/aromatic N) is 3. The summed E-state index contributed by atoms with van der Waals surface area (Å²) in [5.41, 5.74) is 4.05. The zero-order chi connectivity index (χ0) is 28.7. The van der Waals surface area contributed by atoms with Crippen molar-refractivity contribution in [2.45, 2.75) is 30.6 Å². The number of aromatic nitrogens is 3. The first-order valence-corrected chi connectivity index (χ1v) is 14.9. The number of thiazole rings is 1. The fourth-order valence-electron chi connectivity index (χ4n) is 4.80. The van der Waals surface area contributed by atoms with Gasteiger partial charge in [0.2, 0.25) is 5.13 Å². The van der Waals surface area contributed by atoms with Crippen molar-refractivity contribution < 1.29 is 22.2 Å². The largest absolute Gasteiger partial charge is 0.296 e. The van der Waals surface area contributed by atoms with Crippen LogP contribution in [-0.2, 0) is 23.8 Å². The molecule has 6 rings (SSSR count). The van der Waals surface area contributed by atoms with Crippen LogP contribution in [-0.4, -0.2) is 25.3 Å². The second-order valence-corrected chi connectivity index (χ2v) is 11.8. The Morgan fingerprint density at radius 2 is 1.76 bits per heavy atom. The Balaban J connectivity index is 1.54. The van der Waals surface area contributed by atoms with E-state index in [1.54, 1.807) is 28.3 Å². The number of benzene rings is 3. The Morgan fingerprint density at radius 3 is 2.41 bits per heavy atom. The normalized spacial score (nSPS) is 13.9. The summed E-state index contributed by atoms with van der Waals surface area (Å²) in [4.78, 5) is 16.0. The minimum atomic E-state index is -1.83.